The lowest BCUT2D eigenvalue weighted by molar-refractivity contribution is -0.121. The van der Waals surface area contributed by atoms with Crippen molar-refractivity contribution in [2.24, 2.45) is 0 Å². The quantitative estimate of drug-likeness (QED) is 0.451. The average molecular weight is 141 g/mol. The molecule has 0 unspecified atom stereocenters. The third-order valence-electron chi connectivity index (χ3n) is 0.922. The summed E-state index contributed by atoms with van der Waals surface area (Å²) in [5.41, 5.74) is 0. The fourth-order valence-electron chi connectivity index (χ4n) is 0.453. The lowest BCUT2D eigenvalue weighted by Gasteiger charge is -1.94. The molecule has 0 bridgehead atoms. The zero-order valence-electron chi connectivity index (χ0n) is 5.96. The smallest absolute Gasteiger partial charge is 0.224 e. The summed E-state index contributed by atoms with van der Waals surface area (Å²) in [6.45, 7) is 1.95. The number of carbonyl (C=O) groups is 2. The molecule has 0 saturated heterocycles. The van der Waals surface area contributed by atoms with Gasteiger partial charge >= 0.3 is 0 Å². The van der Waals surface area contributed by atoms with E-state index in [1.165, 1.54) is 0 Å². The Morgan fingerprint density at radius 3 is 2.80 bits per heavy atom. The second-order valence-electron chi connectivity index (χ2n) is 1.74. The molecule has 0 atom stereocenters. The van der Waals surface area contributed by atoms with Gasteiger partial charge in [-0.1, -0.05) is 12.2 Å². The zero-order chi connectivity index (χ0) is 7.82. The van der Waals surface area contributed by atoms with Crippen LogP contribution in [0.1, 0.15) is 13.3 Å². The Labute approximate surface area is 60.1 Å². The Hall–Kier alpha value is -1.12. The van der Waals surface area contributed by atoms with Gasteiger partial charge in [0.05, 0.1) is 6.54 Å². The highest BCUT2D eigenvalue weighted by Gasteiger charge is 1.93. The summed E-state index contributed by atoms with van der Waals surface area (Å²) in [6.07, 6.45) is 4.54. The van der Waals surface area contributed by atoms with Crippen LogP contribution in [-0.2, 0) is 9.59 Å². The van der Waals surface area contributed by atoms with E-state index >= 15 is 0 Å². The van der Waals surface area contributed by atoms with Gasteiger partial charge in [0, 0.05) is 6.42 Å². The van der Waals surface area contributed by atoms with Crippen LogP contribution in [0.5, 0.6) is 0 Å². The van der Waals surface area contributed by atoms with Crippen LogP contribution in [0.25, 0.3) is 0 Å². The van der Waals surface area contributed by atoms with Gasteiger partial charge in [0.25, 0.3) is 0 Å². The molecule has 1 amide bonds. The summed E-state index contributed by atoms with van der Waals surface area (Å²) in [6, 6.07) is 0. The number of carbonyl (C=O) groups excluding carboxylic acids is 2. The number of hydrogen-bond acceptors (Lipinski definition) is 2. The summed E-state index contributed by atoms with van der Waals surface area (Å²) in [7, 11) is 0. The van der Waals surface area contributed by atoms with Gasteiger partial charge in [-0.3, -0.25) is 4.79 Å². The van der Waals surface area contributed by atoms with Crippen molar-refractivity contribution in [1.82, 2.24) is 5.32 Å². The van der Waals surface area contributed by atoms with Gasteiger partial charge in [-0.05, 0) is 6.92 Å². The first kappa shape index (κ1) is 8.88. The third kappa shape index (κ3) is 5.03. The van der Waals surface area contributed by atoms with Crippen molar-refractivity contribution in [1.29, 1.82) is 0 Å². The summed E-state index contributed by atoms with van der Waals surface area (Å²) >= 11 is 0. The number of rotatable bonds is 4. The van der Waals surface area contributed by atoms with Crippen LogP contribution in [0.3, 0.4) is 0 Å². The molecule has 0 fully saturated rings. The molecule has 0 saturated carbocycles. The first-order valence-electron chi connectivity index (χ1n) is 3.12. The van der Waals surface area contributed by atoms with E-state index in [1.54, 1.807) is 12.2 Å². The molecule has 0 radical (unpaired) electrons. The number of nitrogens with one attached hydrogen (secondary N) is 1. The molecular formula is C7H11NO2. The van der Waals surface area contributed by atoms with E-state index in [9.17, 15) is 9.59 Å². The largest absolute Gasteiger partial charge is 0.349 e. The predicted molar refractivity (Wildman–Crippen MR) is 38.5 cm³/mol. The molecule has 0 aliphatic carbocycles. The minimum Gasteiger partial charge on any atom is -0.349 e. The van der Waals surface area contributed by atoms with Crippen LogP contribution >= 0.6 is 0 Å². The second-order valence-corrected chi connectivity index (χ2v) is 1.74. The van der Waals surface area contributed by atoms with Crippen molar-refractivity contribution in [3.8, 4) is 0 Å². The Morgan fingerprint density at radius 2 is 2.30 bits per heavy atom. The Bertz CT molecular complexity index is 141. The van der Waals surface area contributed by atoms with Crippen molar-refractivity contribution in [3.63, 3.8) is 0 Å². The topological polar surface area (TPSA) is 46.2 Å². The first-order chi connectivity index (χ1) is 4.81. The van der Waals surface area contributed by atoms with Gasteiger partial charge < -0.3 is 10.1 Å². The van der Waals surface area contributed by atoms with E-state index in [-0.39, 0.29) is 12.5 Å². The molecule has 3 heteroatoms. The van der Waals surface area contributed by atoms with Gasteiger partial charge in [0.1, 0.15) is 6.29 Å². The standard InChI is InChI=1S/C7H11NO2/c1-2-3-4-7(10)8-5-6-9/h2-3,6H,4-5H2,1H3,(H,8,10). The van der Waals surface area contributed by atoms with Crippen molar-refractivity contribution >= 4 is 12.2 Å². The van der Waals surface area contributed by atoms with Crippen LogP contribution in [0.2, 0.25) is 0 Å². The maximum Gasteiger partial charge on any atom is 0.224 e. The molecule has 10 heavy (non-hydrogen) atoms. The highest BCUT2D eigenvalue weighted by atomic mass is 16.2. The van der Waals surface area contributed by atoms with E-state index in [4.69, 9.17) is 0 Å². The monoisotopic (exact) mass is 141 g/mol. The lowest BCUT2D eigenvalue weighted by Crippen LogP contribution is -2.24. The molecule has 3 nitrogen and oxygen atoms in total. The van der Waals surface area contributed by atoms with E-state index in [0.717, 1.165) is 0 Å². The van der Waals surface area contributed by atoms with Crippen molar-refractivity contribution in [3.05, 3.63) is 12.2 Å². The average Bonchev–Trinajstić information content (AvgIpc) is 1.97. The second kappa shape index (κ2) is 6.01. The molecule has 0 spiro atoms. The minimum atomic E-state index is -0.120. The van der Waals surface area contributed by atoms with E-state index in [2.05, 4.69) is 5.32 Å². The number of aldehydes is 1. The van der Waals surface area contributed by atoms with Gasteiger partial charge in [0.15, 0.2) is 0 Å². The number of amides is 1. The van der Waals surface area contributed by atoms with Crippen LogP contribution in [0.15, 0.2) is 12.2 Å². The van der Waals surface area contributed by atoms with Crippen molar-refractivity contribution < 1.29 is 9.59 Å². The molecule has 0 rings (SSSR count). The molecule has 56 valence electrons. The fraction of sp³-hybridized carbons (Fsp3) is 0.429. The summed E-state index contributed by atoms with van der Waals surface area (Å²) in [4.78, 5) is 20.4. The fourth-order valence-corrected chi connectivity index (χ4v) is 0.453. The molecule has 0 heterocycles. The van der Waals surface area contributed by atoms with Crippen molar-refractivity contribution in [2.75, 3.05) is 6.54 Å². The van der Waals surface area contributed by atoms with E-state index in [0.29, 0.717) is 12.7 Å². The van der Waals surface area contributed by atoms with Gasteiger partial charge in [-0.15, -0.1) is 0 Å². The molecule has 1 N–H and O–H groups in total. The van der Waals surface area contributed by atoms with Gasteiger partial charge in [-0.25, -0.2) is 0 Å². The summed E-state index contributed by atoms with van der Waals surface area (Å²) < 4.78 is 0. The molecule has 0 aromatic rings. The third-order valence-corrected chi connectivity index (χ3v) is 0.922. The minimum absolute atomic E-state index is 0.108. The van der Waals surface area contributed by atoms with Crippen LogP contribution < -0.4 is 5.32 Å². The Balaban J connectivity index is 3.34. The lowest BCUT2D eigenvalue weighted by atomic mass is 10.3. The molecule has 0 aromatic heterocycles. The maximum absolute atomic E-state index is 10.6. The van der Waals surface area contributed by atoms with Crippen LogP contribution in [0, 0.1) is 0 Å². The van der Waals surface area contributed by atoms with Crippen LogP contribution in [0.4, 0.5) is 0 Å². The summed E-state index contributed by atoms with van der Waals surface area (Å²) in [5.74, 6) is -0.120. The molecular weight excluding hydrogens is 130 g/mol. The van der Waals surface area contributed by atoms with E-state index < -0.39 is 0 Å². The highest BCUT2D eigenvalue weighted by Crippen LogP contribution is 1.80. The summed E-state index contributed by atoms with van der Waals surface area (Å²) in [5, 5.41) is 2.41. The first-order valence-corrected chi connectivity index (χ1v) is 3.12. The SMILES string of the molecule is CC=CCC(=O)NCC=O. The molecule has 0 aliphatic heterocycles. The van der Waals surface area contributed by atoms with Crippen LogP contribution in [-0.4, -0.2) is 18.7 Å². The highest BCUT2D eigenvalue weighted by molar-refractivity contribution is 5.79. The van der Waals surface area contributed by atoms with Gasteiger partial charge in [-0.2, -0.15) is 0 Å². The molecule has 0 aromatic carbocycles. The normalized spacial score (nSPS) is 9.70. The van der Waals surface area contributed by atoms with E-state index in [1.807, 2.05) is 6.92 Å². The Morgan fingerprint density at radius 1 is 1.60 bits per heavy atom. The maximum atomic E-state index is 10.6. The van der Waals surface area contributed by atoms with Crippen molar-refractivity contribution in [2.45, 2.75) is 13.3 Å². The van der Waals surface area contributed by atoms with Gasteiger partial charge in [0.2, 0.25) is 5.91 Å². The molecule has 0 aliphatic rings. The predicted octanol–water partition coefficient (Wildman–Crippen LogP) is 0.268. The zero-order valence-corrected chi connectivity index (χ0v) is 5.96. The number of allylic oxidation sites excluding steroid dienone is 1. The Kier molecular flexibility index (Phi) is 5.33. The number of hydrogen-bond donors (Lipinski definition) is 1.